The summed E-state index contributed by atoms with van der Waals surface area (Å²) in [6.07, 6.45) is 9.62. The fourth-order valence-corrected chi connectivity index (χ4v) is 7.98. The van der Waals surface area contributed by atoms with E-state index in [1.165, 1.54) is 24.0 Å². The number of hydrogen-bond acceptors (Lipinski definition) is 3. The molecule has 1 spiro atoms. The standard InChI is InChI=1S/C25H36O3/c1-15-13-24(5)21(10-11-25(24)16(2)14-27-23(3,4)28-25)20-8-6-17-12-18(26)7-9-19(17)22(15)20/h12,18-22,26H,1-2,6-11,13-14H2,3-5H3/t18-,19-,20-,21-,22+,24-,25+/m0/s1. The van der Waals surface area contributed by atoms with Crippen molar-refractivity contribution in [3.63, 3.8) is 0 Å². The number of aliphatic hydroxyl groups excluding tert-OH is 1. The van der Waals surface area contributed by atoms with Crippen molar-refractivity contribution >= 4 is 0 Å². The van der Waals surface area contributed by atoms with Gasteiger partial charge in [0.25, 0.3) is 0 Å². The zero-order valence-corrected chi connectivity index (χ0v) is 17.8. The van der Waals surface area contributed by atoms with Gasteiger partial charge in [-0.1, -0.05) is 37.3 Å². The highest BCUT2D eigenvalue weighted by Gasteiger charge is 2.67. The van der Waals surface area contributed by atoms with E-state index in [1.54, 1.807) is 0 Å². The van der Waals surface area contributed by atoms with Crippen LogP contribution in [0.5, 0.6) is 0 Å². The third kappa shape index (κ3) is 2.45. The van der Waals surface area contributed by atoms with Crippen LogP contribution in [0.4, 0.5) is 0 Å². The van der Waals surface area contributed by atoms with Gasteiger partial charge in [0.05, 0.1) is 12.7 Å². The Morgan fingerprint density at radius 1 is 1.11 bits per heavy atom. The molecule has 0 amide bonds. The Bertz CT molecular complexity index is 749. The molecule has 0 bridgehead atoms. The number of allylic oxidation sites excluding steroid dienone is 2. The zero-order chi connectivity index (χ0) is 19.9. The quantitative estimate of drug-likeness (QED) is 0.586. The molecule has 0 radical (unpaired) electrons. The topological polar surface area (TPSA) is 38.7 Å². The second-order valence-corrected chi connectivity index (χ2v) is 10.8. The molecule has 1 saturated heterocycles. The largest absolute Gasteiger partial charge is 0.389 e. The molecular weight excluding hydrogens is 348 g/mol. The van der Waals surface area contributed by atoms with Gasteiger partial charge in [0, 0.05) is 5.41 Å². The van der Waals surface area contributed by atoms with Crippen LogP contribution in [-0.4, -0.2) is 29.2 Å². The molecule has 4 aliphatic carbocycles. The van der Waals surface area contributed by atoms with E-state index in [9.17, 15) is 5.11 Å². The summed E-state index contributed by atoms with van der Waals surface area (Å²) in [5.41, 5.74) is 3.81. The lowest BCUT2D eigenvalue weighted by molar-refractivity contribution is -0.311. The Morgan fingerprint density at radius 2 is 1.89 bits per heavy atom. The summed E-state index contributed by atoms with van der Waals surface area (Å²) >= 11 is 0. The summed E-state index contributed by atoms with van der Waals surface area (Å²) in [6, 6.07) is 0. The molecule has 0 aromatic rings. The number of rotatable bonds is 0. The first-order chi connectivity index (χ1) is 13.2. The van der Waals surface area contributed by atoms with Gasteiger partial charge in [-0.15, -0.1) is 0 Å². The number of fused-ring (bicyclic) bond motifs is 6. The van der Waals surface area contributed by atoms with Crippen LogP contribution in [0, 0.1) is 29.1 Å². The van der Waals surface area contributed by atoms with Crippen LogP contribution in [0.15, 0.2) is 36.0 Å². The lowest BCUT2D eigenvalue weighted by atomic mass is 9.48. The molecule has 1 aliphatic heterocycles. The molecule has 0 aromatic heterocycles. The predicted molar refractivity (Wildman–Crippen MR) is 111 cm³/mol. The third-order valence-electron chi connectivity index (χ3n) is 9.03. The number of aliphatic hydroxyl groups is 1. The average Bonchev–Trinajstić information content (AvgIpc) is 2.90. The molecule has 5 rings (SSSR count). The summed E-state index contributed by atoms with van der Waals surface area (Å²) in [4.78, 5) is 0. The van der Waals surface area contributed by atoms with Gasteiger partial charge in [-0.3, -0.25) is 0 Å². The minimum atomic E-state index is -0.556. The average molecular weight is 385 g/mol. The van der Waals surface area contributed by atoms with E-state index in [-0.39, 0.29) is 17.1 Å². The number of hydrogen-bond donors (Lipinski definition) is 1. The van der Waals surface area contributed by atoms with E-state index in [2.05, 4.69) is 26.2 Å². The Labute approximate surface area is 169 Å². The summed E-state index contributed by atoms with van der Waals surface area (Å²) in [5, 5.41) is 10.1. The van der Waals surface area contributed by atoms with E-state index >= 15 is 0 Å². The van der Waals surface area contributed by atoms with Crippen LogP contribution in [0.2, 0.25) is 0 Å². The Hall–Kier alpha value is -0.900. The minimum absolute atomic E-state index is 0.0543. The first kappa shape index (κ1) is 19.1. The van der Waals surface area contributed by atoms with Crippen molar-refractivity contribution in [3.8, 4) is 0 Å². The van der Waals surface area contributed by atoms with E-state index in [0.29, 0.717) is 30.3 Å². The van der Waals surface area contributed by atoms with Gasteiger partial charge in [0.2, 0.25) is 0 Å². The Morgan fingerprint density at radius 3 is 2.68 bits per heavy atom. The molecule has 4 fully saturated rings. The fraction of sp³-hybridized carbons (Fsp3) is 0.760. The zero-order valence-electron chi connectivity index (χ0n) is 17.8. The summed E-state index contributed by atoms with van der Waals surface area (Å²) in [6.45, 7) is 16.2. The summed E-state index contributed by atoms with van der Waals surface area (Å²) in [7, 11) is 0. The molecule has 1 N–H and O–H groups in total. The van der Waals surface area contributed by atoms with Crippen LogP contribution in [0.25, 0.3) is 0 Å². The molecule has 0 unspecified atom stereocenters. The van der Waals surface area contributed by atoms with Crippen LogP contribution < -0.4 is 0 Å². The molecule has 7 atom stereocenters. The van der Waals surface area contributed by atoms with Crippen molar-refractivity contribution in [3.05, 3.63) is 36.0 Å². The van der Waals surface area contributed by atoms with Crippen LogP contribution in [-0.2, 0) is 9.47 Å². The fourth-order valence-electron chi connectivity index (χ4n) is 7.98. The van der Waals surface area contributed by atoms with Crippen molar-refractivity contribution in [2.75, 3.05) is 6.61 Å². The normalized spacial score (nSPS) is 50.0. The number of ether oxygens (including phenoxy) is 2. The van der Waals surface area contributed by atoms with Gasteiger partial charge < -0.3 is 14.6 Å². The third-order valence-corrected chi connectivity index (χ3v) is 9.03. The highest BCUT2D eigenvalue weighted by atomic mass is 16.7. The van der Waals surface area contributed by atoms with Gasteiger partial charge in [-0.25, -0.2) is 0 Å². The van der Waals surface area contributed by atoms with E-state index in [4.69, 9.17) is 9.47 Å². The monoisotopic (exact) mass is 384 g/mol. The molecule has 3 nitrogen and oxygen atoms in total. The van der Waals surface area contributed by atoms with Crippen LogP contribution >= 0.6 is 0 Å². The highest BCUT2D eigenvalue weighted by Crippen LogP contribution is 2.69. The van der Waals surface area contributed by atoms with E-state index < -0.39 is 5.79 Å². The van der Waals surface area contributed by atoms with Crippen LogP contribution in [0.1, 0.15) is 65.7 Å². The second-order valence-electron chi connectivity index (χ2n) is 10.8. The predicted octanol–water partition coefficient (Wildman–Crippen LogP) is 5.16. The SMILES string of the molecule is C=C1C[C@@]2(C)[C@@H](CC[C@]23OC(C)(C)OCC3=C)[C@@H]2CCC3=C[C@@H](O)CC[C@@H]3[C@@H]12. The maximum absolute atomic E-state index is 10.1. The summed E-state index contributed by atoms with van der Waals surface area (Å²) < 4.78 is 12.7. The van der Waals surface area contributed by atoms with Gasteiger partial charge in [0.1, 0.15) is 5.60 Å². The highest BCUT2D eigenvalue weighted by molar-refractivity contribution is 5.34. The van der Waals surface area contributed by atoms with Gasteiger partial charge >= 0.3 is 0 Å². The van der Waals surface area contributed by atoms with Crippen molar-refractivity contribution in [1.82, 2.24) is 0 Å². The first-order valence-electron chi connectivity index (χ1n) is 11.3. The Kier molecular flexibility index (Phi) is 4.13. The minimum Gasteiger partial charge on any atom is -0.389 e. The van der Waals surface area contributed by atoms with Gasteiger partial charge in [-0.2, -0.15) is 0 Å². The lowest BCUT2D eigenvalue weighted by Gasteiger charge is -2.60. The summed E-state index contributed by atoms with van der Waals surface area (Å²) in [5.74, 6) is 1.97. The van der Waals surface area contributed by atoms with E-state index in [0.717, 1.165) is 37.7 Å². The lowest BCUT2D eigenvalue weighted by Crippen LogP contribution is -2.60. The van der Waals surface area contributed by atoms with Crippen molar-refractivity contribution in [1.29, 1.82) is 0 Å². The van der Waals surface area contributed by atoms with Gasteiger partial charge in [-0.05, 0) is 88.0 Å². The van der Waals surface area contributed by atoms with Gasteiger partial charge in [0.15, 0.2) is 5.79 Å². The van der Waals surface area contributed by atoms with Crippen molar-refractivity contribution in [2.24, 2.45) is 29.1 Å². The molecule has 3 heteroatoms. The molecule has 1 heterocycles. The molecule has 154 valence electrons. The van der Waals surface area contributed by atoms with Crippen molar-refractivity contribution in [2.45, 2.75) is 83.2 Å². The molecular formula is C25H36O3. The molecule has 28 heavy (non-hydrogen) atoms. The second kappa shape index (κ2) is 6.06. The molecule has 0 aromatic carbocycles. The van der Waals surface area contributed by atoms with E-state index in [1.807, 2.05) is 13.8 Å². The maximum Gasteiger partial charge on any atom is 0.164 e. The molecule has 5 aliphatic rings. The smallest absolute Gasteiger partial charge is 0.164 e. The van der Waals surface area contributed by atoms with Crippen LogP contribution in [0.3, 0.4) is 0 Å². The van der Waals surface area contributed by atoms with Crippen molar-refractivity contribution < 1.29 is 14.6 Å². The molecule has 3 saturated carbocycles. The maximum atomic E-state index is 10.1. The first-order valence-corrected chi connectivity index (χ1v) is 11.3. The Balaban J connectivity index is 1.52.